The lowest BCUT2D eigenvalue weighted by Crippen LogP contribution is -2.28. The predicted octanol–water partition coefficient (Wildman–Crippen LogP) is 16.3. The van der Waals surface area contributed by atoms with Crippen molar-refractivity contribution in [3.63, 3.8) is 0 Å². The number of benzene rings is 10. The molecule has 0 bridgehead atoms. The molecule has 63 heavy (non-hydrogen) atoms. The van der Waals surface area contributed by atoms with Crippen LogP contribution in [0, 0.1) is 0 Å². The summed E-state index contributed by atoms with van der Waals surface area (Å²) in [6.07, 6.45) is 0. The van der Waals surface area contributed by atoms with Crippen molar-refractivity contribution < 1.29 is 0 Å². The van der Waals surface area contributed by atoms with Crippen LogP contribution in [-0.2, 0) is 10.8 Å². The molecule has 0 spiro atoms. The smallest absolute Gasteiger partial charge is 0.0714 e. The van der Waals surface area contributed by atoms with E-state index in [0.29, 0.717) is 0 Å². The third-order valence-corrected chi connectivity index (χ3v) is 13.9. The van der Waals surface area contributed by atoms with Gasteiger partial charge in [0.25, 0.3) is 0 Å². The first kappa shape index (κ1) is 37.1. The largest absolute Gasteiger partial charge is 0.310 e. The highest BCUT2D eigenvalue weighted by atomic mass is 15.1. The molecule has 0 atom stereocenters. The maximum atomic E-state index is 2.52. The highest BCUT2D eigenvalue weighted by Gasteiger charge is 2.46. The molecule has 0 aliphatic heterocycles. The fourth-order valence-corrected chi connectivity index (χ4v) is 11.0. The molecule has 0 N–H and O–H groups in total. The number of hydrogen-bond acceptors (Lipinski definition) is 1. The van der Waals surface area contributed by atoms with Gasteiger partial charge in [0.15, 0.2) is 0 Å². The minimum atomic E-state index is -0.528. The summed E-state index contributed by atoms with van der Waals surface area (Å²) in [5, 5.41) is 2.48. The van der Waals surface area contributed by atoms with Gasteiger partial charge in [0.1, 0.15) is 0 Å². The Balaban J connectivity index is 1.14. The zero-order chi connectivity index (χ0) is 42.1. The lowest BCUT2D eigenvalue weighted by molar-refractivity contribution is 0.660. The van der Waals surface area contributed by atoms with Crippen molar-refractivity contribution >= 4 is 27.8 Å². The molecule has 0 aromatic heterocycles. The second kappa shape index (κ2) is 14.4. The Bertz CT molecular complexity index is 3320. The lowest BCUT2D eigenvalue weighted by Gasteiger charge is -2.35. The van der Waals surface area contributed by atoms with E-state index >= 15 is 0 Å². The molecule has 10 aromatic rings. The first-order chi connectivity index (χ1) is 31.0. The summed E-state index contributed by atoms with van der Waals surface area (Å²) in [4.78, 5) is 2.52. The second-order valence-electron chi connectivity index (χ2n) is 17.7. The predicted molar refractivity (Wildman–Crippen MR) is 264 cm³/mol. The number of fused-ring (bicyclic) bond motifs is 7. The van der Waals surface area contributed by atoms with Gasteiger partial charge in [0.05, 0.1) is 11.1 Å². The van der Waals surface area contributed by atoms with Gasteiger partial charge in [-0.25, -0.2) is 0 Å². The summed E-state index contributed by atoms with van der Waals surface area (Å²) < 4.78 is 0. The summed E-state index contributed by atoms with van der Waals surface area (Å²) in [6.45, 7) is 4.75. The van der Waals surface area contributed by atoms with E-state index in [0.717, 1.165) is 17.1 Å². The molecule has 2 aliphatic rings. The molecule has 0 amide bonds. The van der Waals surface area contributed by atoms with Crippen molar-refractivity contribution in [2.75, 3.05) is 4.90 Å². The topological polar surface area (TPSA) is 3.24 Å². The number of anilines is 3. The van der Waals surface area contributed by atoms with Gasteiger partial charge in [-0.2, -0.15) is 0 Å². The van der Waals surface area contributed by atoms with Crippen LogP contribution in [0.1, 0.15) is 47.2 Å². The molecule has 0 saturated heterocycles. The first-order valence-corrected chi connectivity index (χ1v) is 22.1. The Hall–Kier alpha value is -7.74. The fraction of sp³-hybridized carbons (Fsp3) is 0.0645. The SMILES string of the molecule is CC1(C)c2ccccc2-c2ccc(N(c3ccc4c(c3)C(c3ccccc3)(c3ccccc3)c3ccccc3-4)c3ccc(-c4ccc5ccccc5c4)cc3-c3ccccc3)cc21. The van der Waals surface area contributed by atoms with Crippen LogP contribution in [0.25, 0.3) is 55.3 Å². The molecule has 298 valence electrons. The molecule has 12 rings (SSSR count). The van der Waals surface area contributed by atoms with Gasteiger partial charge in [0.2, 0.25) is 0 Å². The van der Waals surface area contributed by atoms with Crippen LogP contribution in [0.15, 0.2) is 237 Å². The van der Waals surface area contributed by atoms with Gasteiger partial charge in [-0.3, -0.25) is 0 Å². The highest BCUT2D eigenvalue weighted by Crippen LogP contribution is 2.58. The molecule has 0 unspecified atom stereocenters. The van der Waals surface area contributed by atoms with Gasteiger partial charge in [-0.05, 0) is 126 Å². The van der Waals surface area contributed by atoms with Gasteiger partial charge in [-0.1, -0.05) is 208 Å². The van der Waals surface area contributed by atoms with Crippen LogP contribution in [0.4, 0.5) is 17.1 Å². The Morgan fingerprint density at radius 3 is 1.48 bits per heavy atom. The van der Waals surface area contributed by atoms with Crippen molar-refractivity contribution in [3.8, 4) is 44.5 Å². The molecule has 10 aromatic carbocycles. The number of rotatable bonds is 7. The van der Waals surface area contributed by atoms with Crippen LogP contribution in [-0.4, -0.2) is 0 Å². The van der Waals surface area contributed by atoms with Crippen molar-refractivity contribution in [2.24, 2.45) is 0 Å². The summed E-state index contributed by atoms with van der Waals surface area (Å²) in [5.41, 5.74) is 20.4. The normalized spacial score (nSPS) is 13.8. The third-order valence-electron chi connectivity index (χ3n) is 13.9. The van der Waals surface area contributed by atoms with Gasteiger partial charge in [0, 0.05) is 22.4 Å². The zero-order valence-electron chi connectivity index (χ0n) is 35.5. The van der Waals surface area contributed by atoms with Crippen molar-refractivity contribution in [3.05, 3.63) is 270 Å². The molecule has 0 fully saturated rings. The molecule has 2 aliphatic carbocycles. The van der Waals surface area contributed by atoms with E-state index in [1.54, 1.807) is 0 Å². The van der Waals surface area contributed by atoms with Crippen molar-refractivity contribution in [2.45, 2.75) is 24.7 Å². The molecule has 1 nitrogen and oxygen atoms in total. The molecule has 1 heteroatoms. The summed E-state index contributed by atoms with van der Waals surface area (Å²) in [5.74, 6) is 0. The molecule has 0 radical (unpaired) electrons. The fourth-order valence-electron chi connectivity index (χ4n) is 11.0. The van der Waals surface area contributed by atoms with E-state index in [4.69, 9.17) is 0 Å². The van der Waals surface area contributed by atoms with Crippen molar-refractivity contribution in [1.29, 1.82) is 0 Å². The quantitative estimate of drug-likeness (QED) is 0.155. The average Bonchev–Trinajstić information content (AvgIpc) is 3.77. The summed E-state index contributed by atoms with van der Waals surface area (Å²) >= 11 is 0. The van der Waals surface area contributed by atoms with Crippen LogP contribution in [0.3, 0.4) is 0 Å². The summed E-state index contributed by atoms with van der Waals surface area (Å²) in [6, 6.07) is 88.0. The maximum absolute atomic E-state index is 2.52. The monoisotopic (exact) mass is 803 g/mol. The number of hydrogen-bond donors (Lipinski definition) is 0. The van der Waals surface area contributed by atoms with Crippen LogP contribution in [0.2, 0.25) is 0 Å². The molecular weight excluding hydrogens is 759 g/mol. The van der Waals surface area contributed by atoms with Crippen LogP contribution >= 0.6 is 0 Å². The van der Waals surface area contributed by atoms with E-state index in [1.165, 1.54) is 88.7 Å². The van der Waals surface area contributed by atoms with E-state index in [1.807, 2.05) is 0 Å². The Kier molecular flexibility index (Phi) is 8.49. The molecule has 0 saturated carbocycles. The second-order valence-corrected chi connectivity index (χ2v) is 17.7. The van der Waals surface area contributed by atoms with Gasteiger partial charge < -0.3 is 4.90 Å². The lowest BCUT2D eigenvalue weighted by atomic mass is 9.67. The minimum Gasteiger partial charge on any atom is -0.310 e. The van der Waals surface area contributed by atoms with E-state index in [9.17, 15) is 0 Å². The molecule has 0 heterocycles. The minimum absolute atomic E-state index is 0.162. The zero-order valence-corrected chi connectivity index (χ0v) is 35.5. The summed E-state index contributed by atoms with van der Waals surface area (Å²) in [7, 11) is 0. The average molecular weight is 804 g/mol. The van der Waals surface area contributed by atoms with Crippen LogP contribution < -0.4 is 4.90 Å². The number of nitrogens with zero attached hydrogens (tertiary/aromatic N) is 1. The van der Waals surface area contributed by atoms with E-state index in [-0.39, 0.29) is 5.41 Å². The van der Waals surface area contributed by atoms with E-state index < -0.39 is 5.41 Å². The van der Waals surface area contributed by atoms with Gasteiger partial charge in [-0.15, -0.1) is 0 Å². The Labute approximate surface area is 370 Å². The Morgan fingerprint density at radius 1 is 0.302 bits per heavy atom. The molecular formula is C62H45N. The van der Waals surface area contributed by atoms with Gasteiger partial charge >= 0.3 is 0 Å². The first-order valence-electron chi connectivity index (χ1n) is 22.1. The maximum Gasteiger partial charge on any atom is 0.0714 e. The van der Waals surface area contributed by atoms with Crippen molar-refractivity contribution in [1.82, 2.24) is 0 Å². The Morgan fingerprint density at radius 2 is 0.794 bits per heavy atom. The standard InChI is InChI=1S/C62H45N/c1-61(2)56-28-16-14-26-51(56)53-35-33-49(40-58(53)61)63(60-37-32-46(39-55(60)43-19-6-3-7-20-43)45-31-30-42-18-12-13-21-44(42)38-45)50-34-36-54-52-27-15-17-29-57(52)62(59(54)41-50,47-22-8-4-9-23-47)48-24-10-5-11-25-48/h3-41H,1-2H3. The van der Waals surface area contributed by atoms with Crippen LogP contribution in [0.5, 0.6) is 0 Å². The third kappa shape index (κ3) is 5.70. The highest BCUT2D eigenvalue weighted by molar-refractivity contribution is 5.96. The van der Waals surface area contributed by atoms with E-state index in [2.05, 4.69) is 255 Å².